The Hall–Kier alpha value is -2.51. The average Bonchev–Trinajstić information content (AvgIpc) is 2.41. The lowest BCUT2D eigenvalue weighted by atomic mass is 10.2. The average molecular weight is 273 g/mol. The van der Waals surface area contributed by atoms with Crippen LogP contribution in [0.3, 0.4) is 0 Å². The molecule has 0 fully saturated rings. The van der Waals surface area contributed by atoms with Crippen molar-refractivity contribution in [2.75, 3.05) is 0 Å². The largest absolute Gasteiger partial charge is 0.456 e. The maximum Gasteiger partial charge on any atom is 0.248 e. The molecule has 0 aliphatic heterocycles. The molecular formula is C14H9ClN2O2. The van der Waals surface area contributed by atoms with Gasteiger partial charge < -0.3 is 10.5 Å². The lowest BCUT2D eigenvalue weighted by molar-refractivity contribution is 0.100. The summed E-state index contributed by atoms with van der Waals surface area (Å²) in [5, 5.41) is 9.08. The van der Waals surface area contributed by atoms with Crippen molar-refractivity contribution in [1.29, 1.82) is 5.26 Å². The van der Waals surface area contributed by atoms with Crippen molar-refractivity contribution in [3.05, 3.63) is 58.6 Å². The Morgan fingerprint density at radius 3 is 2.42 bits per heavy atom. The third-order valence-corrected chi connectivity index (χ3v) is 2.72. The van der Waals surface area contributed by atoms with Crippen LogP contribution in [0.5, 0.6) is 11.5 Å². The second-order valence-corrected chi connectivity index (χ2v) is 4.15. The Labute approximate surface area is 115 Å². The summed E-state index contributed by atoms with van der Waals surface area (Å²) >= 11 is 5.99. The first kappa shape index (κ1) is 12.9. The van der Waals surface area contributed by atoms with Crippen LogP contribution >= 0.6 is 11.6 Å². The van der Waals surface area contributed by atoms with E-state index in [-0.39, 0.29) is 0 Å². The van der Waals surface area contributed by atoms with Crippen LogP contribution in [0.4, 0.5) is 0 Å². The number of amides is 1. The van der Waals surface area contributed by atoms with Crippen LogP contribution in [0.15, 0.2) is 42.5 Å². The maximum atomic E-state index is 10.9. The topological polar surface area (TPSA) is 76.1 Å². The molecule has 4 nitrogen and oxygen atoms in total. The Morgan fingerprint density at radius 1 is 1.21 bits per heavy atom. The van der Waals surface area contributed by atoms with Gasteiger partial charge in [-0.25, -0.2) is 0 Å². The van der Waals surface area contributed by atoms with E-state index in [1.54, 1.807) is 36.4 Å². The van der Waals surface area contributed by atoms with Crippen LogP contribution in [-0.4, -0.2) is 5.91 Å². The summed E-state index contributed by atoms with van der Waals surface area (Å²) in [6.07, 6.45) is 0. The van der Waals surface area contributed by atoms with Crippen molar-refractivity contribution in [3.63, 3.8) is 0 Å². The third kappa shape index (κ3) is 3.03. The van der Waals surface area contributed by atoms with E-state index >= 15 is 0 Å². The highest BCUT2D eigenvalue weighted by Gasteiger charge is 2.05. The Bertz CT molecular complexity index is 660. The van der Waals surface area contributed by atoms with Crippen LogP contribution in [0.2, 0.25) is 5.02 Å². The van der Waals surface area contributed by atoms with Gasteiger partial charge >= 0.3 is 0 Å². The first-order chi connectivity index (χ1) is 9.10. The van der Waals surface area contributed by atoms with Gasteiger partial charge in [-0.2, -0.15) is 5.26 Å². The Kier molecular flexibility index (Phi) is 3.69. The van der Waals surface area contributed by atoms with Gasteiger partial charge in [0, 0.05) is 5.56 Å². The van der Waals surface area contributed by atoms with Gasteiger partial charge in [0.05, 0.1) is 16.7 Å². The van der Waals surface area contributed by atoms with E-state index in [9.17, 15) is 4.79 Å². The molecule has 0 unspecified atom stereocenters. The number of hydrogen-bond acceptors (Lipinski definition) is 3. The minimum atomic E-state index is -0.497. The van der Waals surface area contributed by atoms with E-state index < -0.39 is 5.91 Å². The number of nitrogens with zero attached hydrogens (tertiary/aromatic N) is 1. The molecule has 0 spiro atoms. The number of rotatable bonds is 3. The summed E-state index contributed by atoms with van der Waals surface area (Å²) in [6.45, 7) is 0. The first-order valence-corrected chi connectivity index (χ1v) is 5.75. The van der Waals surface area contributed by atoms with E-state index in [4.69, 9.17) is 27.3 Å². The second kappa shape index (κ2) is 5.42. The van der Waals surface area contributed by atoms with Gasteiger partial charge in [0.2, 0.25) is 5.91 Å². The zero-order chi connectivity index (χ0) is 13.8. The van der Waals surface area contributed by atoms with Gasteiger partial charge in [-0.3, -0.25) is 4.79 Å². The standard InChI is InChI=1S/C14H9ClN2O2/c15-12-7-9(8-16)1-6-13(12)19-11-4-2-10(3-5-11)14(17)18/h1-7H,(H2,17,18). The van der Waals surface area contributed by atoms with Gasteiger partial charge in [0.1, 0.15) is 11.5 Å². The molecule has 0 aromatic heterocycles. The second-order valence-electron chi connectivity index (χ2n) is 3.75. The molecular weight excluding hydrogens is 264 g/mol. The van der Waals surface area contributed by atoms with E-state index in [0.29, 0.717) is 27.6 Å². The first-order valence-electron chi connectivity index (χ1n) is 5.37. The molecule has 94 valence electrons. The number of nitriles is 1. The lowest BCUT2D eigenvalue weighted by Crippen LogP contribution is -2.10. The van der Waals surface area contributed by atoms with Crippen LogP contribution < -0.4 is 10.5 Å². The Balaban J connectivity index is 2.22. The molecule has 2 aromatic carbocycles. The van der Waals surface area contributed by atoms with Crippen molar-refractivity contribution in [1.82, 2.24) is 0 Å². The summed E-state index contributed by atoms with van der Waals surface area (Å²) in [4.78, 5) is 10.9. The minimum absolute atomic E-state index is 0.345. The molecule has 0 atom stereocenters. The fraction of sp³-hybridized carbons (Fsp3) is 0. The molecule has 2 aromatic rings. The molecule has 0 radical (unpaired) electrons. The number of carbonyl (C=O) groups excluding carboxylic acids is 1. The number of hydrogen-bond donors (Lipinski definition) is 1. The zero-order valence-electron chi connectivity index (χ0n) is 9.76. The van der Waals surface area contributed by atoms with Crippen LogP contribution in [-0.2, 0) is 0 Å². The molecule has 0 saturated carbocycles. The van der Waals surface area contributed by atoms with E-state index in [1.807, 2.05) is 6.07 Å². The van der Waals surface area contributed by atoms with Crippen molar-refractivity contribution >= 4 is 17.5 Å². The number of primary amides is 1. The number of ether oxygens (including phenoxy) is 1. The van der Waals surface area contributed by atoms with Gasteiger partial charge in [-0.1, -0.05) is 11.6 Å². The monoisotopic (exact) mass is 272 g/mol. The quantitative estimate of drug-likeness (QED) is 0.933. The predicted octanol–water partition coefficient (Wildman–Crippen LogP) is 3.10. The van der Waals surface area contributed by atoms with Crippen molar-refractivity contribution in [2.24, 2.45) is 5.73 Å². The van der Waals surface area contributed by atoms with E-state index in [1.165, 1.54) is 6.07 Å². The van der Waals surface area contributed by atoms with Crippen molar-refractivity contribution < 1.29 is 9.53 Å². The normalized spacial score (nSPS) is 9.68. The smallest absolute Gasteiger partial charge is 0.248 e. The van der Waals surface area contributed by atoms with Gasteiger partial charge in [0.25, 0.3) is 0 Å². The lowest BCUT2D eigenvalue weighted by Gasteiger charge is -2.07. The Morgan fingerprint density at radius 2 is 1.89 bits per heavy atom. The van der Waals surface area contributed by atoms with E-state index in [2.05, 4.69) is 0 Å². The highest BCUT2D eigenvalue weighted by Crippen LogP contribution is 2.30. The molecule has 2 rings (SSSR count). The van der Waals surface area contributed by atoms with Crippen molar-refractivity contribution in [3.8, 4) is 17.6 Å². The molecule has 0 bridgehead atoms. The van der Waals surface area contributed by atoms with Gasteiger partial charge in [-0.05, 0) is 42.5 Å². The molecule has 0 aliphatic carbocycles. The molecule has 1 amide bonds. The molecule has 5 heteroatoms. The number of nitrogens with two attached hydrogens (primary N) is 1. The SMILES string of the molecule is N#Cc1ccc(Oc2ccc(C(N)=O)cc2)c(Cl)c1. The van der Waals surface area contributed by atoms with Gasteiger partial charge in [-0.15, -0.1) is 0 Å². The molecule has 2 N–H and O–H groups in total. The summed E-state index contributed by atoms with van der Waals surface area (Å²) in [7, 11) is 0. The summed E-state index contributed by atoms with van der Waals surface area (Å²) in [5.74, 6) is 0.465. The molecule has 19 heavy (non-hydrogen) atoms. The maximum absolute atomic E-state index is 10.9. The summed E-state index contributed by atoms with van der Waals surface area (Å²) < 4.78 is 5.55. The number of carbonyl (C=O) groups is 1. The van der Waals surface area contributed by atoms with Crippen LogP contribution in [0.1, 0.15) is 15.9 Å². The predicted molar refractivity (Wildman–Crippen MR) is 71.2 cm³/mol. The van der Waals surface area contributed by atoms with Crippen molar-refractivity contribution in [2.45, 2.75) is 0 Å². The van der Waals surface area contributed by atoms with E-state index in [0.717, 1.165) is 0 Å². The number of benzene rings is 2. The fourth-order valence-corrected chi connectivity index (χ4v) is 1.69. The highest BCUT2D eigenvalue weighted by atomic mass is 35.5. The number of halogens is 1. The summed E-state index contributed by atoms with van der Waals surface area (Å²) in [5.41, 5.74) is 6.00. The van der Waals surface area contributed by atoms with Crippen LogP contribution in [0, 0.1) is 11.3 Å². The minimum Gasteiger partial charge on any atom is -0.456 e. The third-order valence-electron chi connectivity index (χ3n) is 2.43. The highest BCUT2D eigenvalue weighted by molar-refractivity contribution is 6.32. The van der Waals surface area contributed by atoms with Crippen LogP contribution in [0.25, 0.3) is 0 Å². The fourth-order valence-electron chi connectivity index (χ4n) is 1.47. The molecule has 0 heterocycles. The summed E-state index contributed by atoms with van der Waals surface area (Å²) in [6, 6.07) is 13.1. The molecule has 0 saturated heterocycles. The van der Waals surface area contributed by atoms with Gasteiger partial charge in [0.15, 0.2) is 0 Å². The zero-order valence-corrected chi connectivity index (χ0v) is 10.5. The molecule has 0 aliphatic rings.